The third-order valence-electron chi connectivity index (χ3n) is 6.81. The highest BCUT2D eigenvalue weighted by atomic mass is 19.4. The standard InChI is InChI=1S/C32H37F3N6O8/c1-6-48-23(42)13-12-22(27(45)49-7-2)37-25(43)20-10-8-18(9-11-20)16-41(29(47)32(33,34)35)17-19-14-21-24(36-15-19)38-30(39-26(21)44)40-28(46)31(3,4)5/h8-11,14-15,22H,6-7,12-13,16-17H2,1-5H3,(H,37,43)(H2,36,38,39,40,44,46)/t22-/m0/s1. The van der Waals surface area contributed by atoms with Crippen LogP contribution in [-0.4, -0.2) is 80.1 Å². The molecule has 264 valence electrons. The number of nitrogens with one attached hydrogen (secondary N) is 2. The predicted octanol–water partition coefficient (Wildman–Crippen LogP) is 3.81. The first-order valence-electron chi connectivity index (χ1n) is 15.2. The molecular weight excluding hydrogens is 653 g/mol. The van der Waals surface area contributed by atoms with Crippen LogP contribution >= 0.6 is 0 Å². The highest BCUT2D eigenvalue weighted by Crippen LogP contribution is 2.26. The summed E-state index contributed by atoms with van der Waals surface area (Å²) in [6.45, 7) is 7.27. The average molecular weight is 691 g/mol. The number of fused-ring (bicyclic) bond motifs is 1. The third kappa shape index (κ3) is 10.8. The van der Waals surface area contributed by atoms with Crippen LogP contribution < -0.4 is 10.6 Å². The highest BCUT2D eigenvalue weighted by molar-refractivity contribution is 5.97. The molecule has 3 N–H and O–H groups in total. The first-order valence-corrected chi connectivity index (χ1v) is 15.2. The van der Waals surface area contributed by atoms with E-state index >= 15 is 0 Å². The summed E-state index contributed by atoms with van der Waals surface area (Å²) < 4.78 is 50.6. The Morgan fingerprint density at radius 3 is 2.16 bits per heavy atom. The zero-order valence-corrected chi connectivity index (χ0v) is 27.5. The minimum Gasteiger partial charge on any atom is -0.493 e. The molecule has 0 fully saturated rings. The number of rotatable bonds is 13. The number of aromatic hydroxyl groups is 1. The number of alkyl halides is 3. The Hall–Kier alpha value is -5.35. The van der Waals surface area contributed by atoms with Crippen molar-refractivity contribution in [3.05, 3.63) is 53.2 Å². The number of hydrogen-bond acceptors (Lipinski definition) is 11. The van der Waals surface area contributed by atoms with Crippen LogP contribution in [-0.2, 0) is 41.7 Å². The van der Waals surface area contributed by atoms with Crippen molar-refractivity contribution in [2.45, 2.75) is 72.8 Å². The molecule has 3 rings (SSSR count). The molecule has 17 heteroatoms. The fraction of sp³-hybridized carbons (Fsp3) is 0.438. The topological polar surface area (TPSA) is 190 Å². The van der Waals surface area contributed by atoms with Crippen molar-refractivity contribution in [3.8, 4) is 5.88 Å². The van der Waals surface area contributed by atoms with E-state index in [0.717, 1.165) is 0 Å². The molecule has 14 nitrogen and oxygen atoms in total. The fourth-order valence-corrected chi connectivity index (χ4v) is 4.28. The number of anilines is 1. The van der Waals surface area contributed by atoms with Crippen molar-refractivity contribution in [3.63, 3.8) is 0 Å². The summed E-state index contributed by atoms with van der Waals surface area (Å²) in [5, 5.41) is 15.4. The molecule has 0 radical (unpaired) electrons. The first-order chi connectivity index (χ1) is 22.9. The minimum absolute atomic E-state index is 0.0237. The number of carbonyl (C=O) groups excluding carboxylic acids is 5. The lowest BCUT2D eigenvalue weighted by Crippen LogP contribution is -2.42. The van der Waals surface area contributed by atoms with E-state index in [4.69, 9.17) is 9.47 Å². The second-order valence-corrected chi connectivity index (χ2v) is 11.8. The maximum Gasteiger partial charge on any atom is 0.471 e. The van der Waals surface area contributed by atoms with Gasteiger partial charge in [-0.2, -0.15) is 23.1 Å². The Labute approximate surface area is 279 Å². The zero-order chi connectivity index (χ0) is 36.5. The summed E-state index contributed by atoms with van der Waals surface area (Å²) >= 11 is 0. The Morgan fingerprint density at radius 2 is 1.57 bits per heavy atom. The normalized spacial score (nSPS) is 12.2. The van der Waals surface area contributed by atoms with Gasteiger partial charge in [-0.1, -0.05) is 32.9 Å². The summed E-state index contributed by atoms with van der Waals surface area (Å²) in [4.78, 5) is 74.2. The molecule has 1 aromatic carbocycles. The molecule has 49 heavy (non-hydrogen) atoms. The number of carbonyl (C=O) groups is 5. The highest BCUT2D eigenvalue weighted by Gasteiger charge is 2.42. The monoisotopic (exact) mass is 690 g/mol. The van der Waals surface area contributed by atoms with Crippen LogP contribution in [0.5, 0.6) is 5.88 Å². The van der Waals surface area contributed by atoms with E-state index < -0.39 is 66.3 Å². The minimum atomic E-state index is -5.22. The number of amides is 3. The van der Waals surface area contributed by atoms with E-state index in [1.54, 1.807) is 34.6 Å². The van der Waals surface area contributed by atoms with Gasteiger partial charge in [0, 0.05) is 36.7 Å². The number of pyridine rings is 1. The van der Waals surface area contributed by atoms with E-state index in [0.29, 0.717) is 4.90 Å². The number of ether oxygens (including phenoxy) is 2. The Balaban J connectivity index is 1.79. The van der Waals surface area contributed by atoms with E-state index in [2.05, 4.69) is 25.6 Å². The van der Waals surface area contributed by atoms with Gasteiger partial charge in [0.25, 0.3) is 5.91 Å². The van der Waals surface area contributed by atoms with Crippen molar-refractivity contribution >= 4 is 46.6 Å². The first kappa shape index (κ1) is 38.1. The van der Waals surface area contributed by atoms with Gasteiger partial charge >= 0.3 is 24.0 Å². The molecule has 0 aliphatic heterocycles. The molecule has 0 unspecified atom stereocenters. The Bertz CT molecular complexity index is 1690. The molecule has 0 aliphatic carbocycles. The molecule has 2 heterocycles. The lowest BCUT2D eigenvalue weighted by molar-refractivity contribution is -0.186. The number of halogens is 3. The lowest BCUT2D eigenvalue weighted by Gasteiger charge is -2.24. The van der Waals surface area contributed by atoms with Crippen molar-refractivity contribution in [2.75, 3.05) is 18.5 Å². The summed E-state index contributed by atoms with van der Waals surface area (Å²) in [6.07, 6.45) is -4.29. The van der Waals surface area contributed by atoms with Crippen molar-refractivity contribution in [2.24, 2.45) is 5.41 Å². The second kappa shape index (κ2) is 16.2. The van der Waals surface area contributed by atoms with Crippen LogP contribution in [0.3, 0.4) is 0 Å². The molecule has 0 saturated heterocycles. The molecule has 3 amide bonds. The van der Waals surface area contributed by atoms with E-state index in [1.165, 1.54) is 36.5 Å². The SMILES string of the molecule is CCOC(=O)CC[C@H](NC(=O)c1ccc(CN(Cc2cnc3nc(NC(=O)C(C)(C)C)nc(O)c3c2)C(=O)C(F)(F)F)cc1)C(=O)OCC. The van der Waals surface area contributed by atoms with Crippen molar-refractivity contribution in [1.29, 1.82) is 0 Å². The van der Waals surface area contributed by atoms with E-state index in [9.17, 15) is 42.3 Å². The van der Waals surface area contributed by atoms with Gasteiger partial charge in [-0.25, -0.2) is 9.78 Å². The summed E-state index contributed by atoms with van der Waals surface area (Å²) in [5.74, 6) is -5.40. The average Bonchev–Trinajstić information content (AvgIpc) is 3.02. The zero-order valence-electron chi connectivity index (χ0n) is 27.5. The maximum absolute atomic E-state index is 13.6. The van der Waals surface area contributed by atoms with Gasteiger partial charge in [0.1, 0.15) is 6.04 Å². The Kier molecular flexibility index (Phi) is 12.6. The second-order valence-electron chi connectivity index (χ2n) is 11.8. The van der Waals surface area contributed by atoms with Gasteiger partial charge in [-0.15, -0.1) is 0 Å². The Morgan fingerprint density at radius 1 is 0.939 bits per heavy atom. The van der Waals surface area contributed by atoms with Crippen LogP contribution in [0.1, 0.15) is 68.9 Å². The molecular formula is C32H37F3N6O8. The maximum atomic E-state index is 13.6. The van der Waals surface area contributed by atoms with Crippen molar-refractivity contribution in [1.82, 2.24) is 25.2 Å². The molecule has 2 aromatic heterocycles. The fourth-order valence-electron chi connectivity index (χ4n) is 4.28. The van der Waals surface area contributed by atoms with Crippen molar-refractivity contribution < 1.29 is 51.7 Å². The molecule has 1 atom stereocenters. The van der Waals surface area contributed by atoms with E-state index in [1.807, 2.05) is 0 Å². The van der Waals surface area contributed by atoms with Gasteiger partial charge in [0.15, 0.2) is 5.65 Å². The summed E-state index contributed by atoms with van der Waals surface area (Å²) in [7, 11) is 0. The predicted molar refractivity (Wildman–Crippen MR) is 168 cm³/mol. The van der Waals surface area contributed by atoms with Crippen LogP contribution in [0.25, 0.3) is 11.0 Å². The number of aromatic nitrogens is 3. The van der Waals surface area contributed by atoms with Gasteiger partial charge in [-0.3, -0.25) is 24.5 Å². The van der Waals surface area contributed by atoms with Crippen LogP contribution in [0.15, 0.2) is 36.5 Å². The van der Waals surface area contributed by atoms with Gasteiger partial charge < -0.3 is 24.8 Å². The van der Waals surface area contributed by atoms with Crippen LogP contribution in [0.2, 0.25) is 0 Å². The number of hydrogen-bond donors (Lipinski definition) is 3. The molecule has 3 aromatic rings. The van der Waals surface area contributed by atoms with Crippen LogP contribution in [0.4, 0.5) is 19.1 Å². The van der Waals surface area contributed by atoms with E-state index in [-0.39, 0.29) is 59.7 Å². The van der Waals surface area contributed by atoms with Gasteiger partial charge in [0.05, 0.1) is 18.6 Å². The molecule has 0 saturated carbocycles. The van der Waals surface area contributed by atoms with Gasteiger partial charge in [0.2, 0.25) is 17.7 Å². The number of nitrogens with zero attached hydrogens (tertiary/aromatic N) is 4. The number of benzene rings is 1. The quantitative estimate of drug-likeness (QED) is 0.221. The molecule has 0 spiro atoms. The summed E-state index contributed by atoms with van der Waals surface area (Å²) in [5.41, 5.74) is -0.437. The molecule has 0 bridgehead atoms. The summed E-state index contributed by atoms with van der Waals surface area (Å²) in [6, 6.07) is 5.41. The number of esters is 2. The smallest absolute Gasteiger partial charge is 0.471 e. The molecule has 0 aliphatic rings. The van der Waals surface area contributed by atoms with Crippen LogP contribution in [0, 0.1) is 5.41 Å². The largest absolute Gasteiger partial charge is 0.493 e. The third-order valence-corrected chi connectivity index (χ3v) is 6.81. The lowest BCUT2D eigenvalue weighted by atomic mass is 9.96. The van der Waals surface area contributed by atoms with Gasteiger partial charge in [-0.05, 0) is 49.6 Å².